The summed E-state index contributed by atoms with van der Waals surface area (Å²) in [6, 6.07) is 1.77. The number of aromatic nitrogens is 2. The summed E-state index contributed by atoms with van der Waals surface area (Å²) in [5, 5.41) is 0. The predicted molar refractivity (Wildman–Crippen MR) is 47.8 cm³/mol. The molecule has 0 aliphatic carbocycles. The van der Waals surface area contributed by atoms with Crippen LogP contribution in [-0.2, 0) is 6.18 Å². The molecule has 0 aliphatic rings. The largest absolute Gasteiger partial charge is 0.494 e. The Morgan fingerprint density at radius 1 is 1.31 bits per heavy atom. The molecule has 1 aromatic heterocycles. The molecule has 0 saturated heterocycles. The molecule has 3 nitrogen and oxygen atoms in total. The number of imidazole rings is 1. The Morgan fingerprint density at radius 3 is 2.56 bits per heavy atom. The first-order chi connectivity index (χ1) is 7.45. The fraction of sp³-hybridized carbons (Fsp3) is 0.222. The Kier molecular flexibility index (Phi) is 2.25. The molecule has 0 bridgehead atoms. The topological polar surface area (TPSA) is 27.1 Å². The van der Waals surface area contributed by atoms with Gasteiger partial charge in [0.1, 0.15) is 17.4 Å². The van der Waals surface area contributed by atoms with Crippen molar-refractivity contribution in [2.75, 3.05) is 7.11 Å². The summed E-state index contributed by atoms with van der Waals surface area (Å²) in [6.07, 6.45) is -3.77. The van der Waals surface area contributed by atoms with E-state index in [9.17, 15) is 17.7 Å². The minimum absolute atomic E-state index is 0.0650. The van der Waals surface area contributed by atoms with Crippen molar-refractivity contribution < 1.29 is 22.4 Å². The van der Waals surface area contributed by atoms with Crippen LogP contribution in [0.4, 0.5) is 17.7 Å². The smallest absolute Gasteiger partial charge is 0.420 e. The lowest BCUT2D eigenvalue weighted by atomic mass is 10.1. The molecule has 0 atom stereocenters. The van der Waals surface area contributed by atoms with Gasteiger partial charge in [0.25, 0.3) is 0 Å². The van der Waals surface area contributed by atoms with Crippen LogP contribution in [0.3, 0.4) is 0 Å². The van der Waals surface area contributed by atoms with Crippen LogP contribution in [0.2, 0.25) is 0 Å². The molecule has 1 aromatic carbocycles. The van der Waals surface area contributed by atoms with Crippen LogP contribution in [0, 0.1) is 0 Å². The molecular formula is C9H6F4N2O. The third-order valence-corrected chi connectivity index (χ3v) is 2.14. The highest BCUT2D eigenvalue weighted by Gasteiger charge is 2.35. The number of rotatable bonds is 1. The van der Waals surface area contributed by atoms with Gasteiger partial charge in [-0.3, -0.25) is 0 Å². The fourth-order valence-electron chi connectivity index (χ4n) is 1.46. The minimum Gasteiger partial charge on any atom is -0.494 e. The summed E-state index contributed by atoms with van der Waals surface area (Å²) >= 11 is 0. The molecule has 0 aliphatic heterocycles. The van der Waals surface area contributed by atoms with Crippen LogP contribution in [0.15, 0.2) is 18.5 Å². The van der Waals surface area contributed by atoms with E-state index < -0.39 is 17.5 Å². The van der Waals surface area contributed by atoms with Crippen LogP contribution in [-0.4, -0.2) is 16.9 Å². The molecule has 1 heterocycles. The Hall–Kier alpha value is -1.79. The maximum absolute atomic E-state index is 13.0. The Bertz CT molecular complexity index is 532. The minimum atomic E-state index is -4.56. The molecule has 86 valence electrons. The van der Waals surface area contributed by atoms with Crippen molar-refractivity contribution >= 4 is 11.0 Å². The van der Waals surface area contributed by atoms with Crippen LogP contribution in [0.5, 0.6) is 5.75 Å². The van der Waals surface area contributed by atoms with E-state index in [0.29, 0.717) is 0 Å². The number of halogens is 4. The maximum atomic E-state index is 13.0. The highest BCUT2D eigenvalue weighted by Crippen LogP contribution is 2.39. The van der Waals surface area contributed by atoms with Gasteiger partial charge in [0, 0.05) is 0 Å². The highest BCUT2D eigenvalue weighted by molar-refractivity contribution is 5.83. The lowest BCUT2D eigenvalue weighted by Gasteiger charge is -2.11. The highest BCUT2D eigenvalue weighted by atomic mass is 19.4. The monoisotopic (exact) mass is 234 g/mol. The molecule has 0 spiro atoms. The summed E-state index contributed by atoms with van der Waals surface area (Å²) in [5.74, 6) is -0.471. The second kappa shape index (κ2) is 3.36. The zero-order valence-corrected chi connectivity index (χ0v) is 8.05. The average Bonchev–Trinajstić information content (AvgIpc) is 2.58. The van der Waals surface area contributed by atoms with Crippen molar-refractivity contribution in [3.63, 3.8) is 0 Å². The number of nitrogens with zero attached hydrogens (tertiary/aromatic N) is 2. The lowest BCUT2D eigenvalue weighted by molar-refractivity contribution is -0.138. The standard InChI is InChI=1S/C9H6F4N2O/c1-16-8-5(9(10,11)12)2-3-6-7(8)14-4-15(6)13/h2-4H,1H3. The first-order valence-corrected chi connectivity index (χ1v) is 4.22. The molecule has 16 heavy (non-hydrogen) atoms. The molecule has 0 unspecified atom stereocenters. The number of alkyl halides is 3. The quantitative estimate of drug-likeness (QED) is 0.709. The van der Waals surface area contributed by atoms with Crippen molar-refractivity contribution in [2.24, 2.45) is 0 Å². The van der Waals surface area contributed by atoms with E-state index in [-0.39, 0.29) is 15.8 Å². The van der Waals surface area contributed by atoms with Crippen molar-refractivity contribution in [2.45, 2.75) is 6.18 Å². The van der Waals surface area contributed by atoms with E-state index >= 15 is 0 Å². The first-order valence-electron chi connectivity index (χ1n) is 4.22. The molecule has 0 saturated carbocycles. The second-order valence-corrected chi connectivity index (χ2v) is 3.07. The first kappa shape index (κ1) is 10.7. The van der Waals surface area contributed by atoms with E-state index in [1.165, 1.54) is 0 Å². The van der Waals surface area contributed by atoms with E-state index in [0.717, 1.165) is 25.6 Å². The van der Waals surface area contributed by atoms with Gasteiger partial charge in [0.05, 0.1) is 12.7 Å². The van der Waals surface area contributed by atoms with Crippen LogP contribution < -0.4 is 4.74 Å². The van der Waals surface area contributed by atoms with Gasteiger partial charge in [0.2, 0.25) is 0 Å². The van der Waals surface area contributed by atoms with Crippen LogP contribution in [0.25, 0.3) is 11.0 Å². The molecule has 0 radical (unpaired) electrons. The number of hydrogen-bond acceptors (Lipinski definition) is 2. The van der Waals surface area contributed by atoms with Crippen LogP contribution >= 0.6 is 0 Å². The second-order valence-electron chi connectivity index (χ2n) is 3.07. The van der Waals surface area contributed by atoms with Gasteiger partial charge in [-0.25, -0.2) is 4.98 Å². The lowest BCUT2D eigenvalue weighted by Crippen LogP contribution is -2.07. The number of benzene rings is 1. The van der Waals surface area contributed by atoms with E-state index in [2.05, 4.69) is 9.72 Å². The fourth-order valence-corrected chi connectivity index (χ4v) is 1.46. The number of hydrogen-bond donors (Lipinski definition) is 0. The molecule has 0 amide bonds. The number of fused-ring (bicyclic) bond motifs is 1. The van der Waals surface area contributed by atoms with Crippen molar-refractivity contribution in [1.82, 2.24) is 9.77 Å². The third-order valence-electron chi connectivity index (χ3n) is 2.14. The molecular weight excluding hydrogens is 228 g/mol. The Labute approximate surface area is 87.2 Å². The summed E-state index contributed by atoms with van der Waals surface area (Å²) in [7, 11) is 1.08. The zero-order chi connectivity index (χ0) is 11.9. The third kappa shape index (κ3) is 1.48. The summed E-state index contributed by atoms with van der Waals surface area (Å²) in [6.45, 7) is 0. The van der Waals surface area contributed by atoms with Gasteiger partial charge in [-0.15, -0.1) is 0 Å². The maximum Gasteiger partial charge on any atom is 0.420 e. The van der Waals surface area contributed by atoms with Gasteiger partial charge >= 0.3 is 6.18 Å². The van der Waals surface area contributed by atoms with E-state index in [1.54, 1.807) is 0 Å². The van der Waals surface area contributed by atoms with Gasteiger partial charge in [-0.1, -0.05) is 4.48 Å². The van der Waals surface area contributed by atoms with Crippen molar-refractivity contribution in [1.29, 1.82) is 0 Å². The van der Waals surface area contributed by atoms with Crippen molar-refractivity contribution in [3.8, 4) is 5.75 Å². The molecule has 7 heteroatoms. The Balaban J connectivity index is 2.78. The predicted octanol–water partition coefficient (Wildman–Crippen LogP) is 2.80. The van der Waals surface area contributed by atoms with Gasteiger partial charge in [-0.05, 0) is 12.1 Å². The molecule has 2 aromatic rings. The van der Waals surface area contributed by atoms with E-state index in [1.807, 2.05) is 0 Å². The van der Waals surface area contributed by atoms with Gasteiger partial charge in [0.15, 0.2) is 5.75 Å². The summed E-state index contributed by atoms with van der Waals surface area (Å²) in [4.78, 5) is 3.66. The zero-order valence-electron chi connectivity index (χ0n) is 8.05. The van der Waals surface area contributed by atoms with Crippen LogP contribution in [0.1, 0.15) is 5.56 Å². The number of ether oxygens (including phenoxy) is 1. The average molecular weight is 234 g/mol. The number of methoxy groups -OCH3 is 1. The normalized spacial score (nSPS) is 12.1. The van der Waals surface area contributed by atoms with Crippen molar-refractivity contribution in [3.05, 3.63) is 24.0 Å². The molecule has 0 fully saturated rings. The van der Waals surface area contributed by atoms with Gasteiger partial charge < -0.3 is 4.74 Å². The molecule has 2 rings (SSSR count). The van der Waals surface area contributed by atoms with E-state index in [4.69, 9.17) is 0 Å². The summed E-state index contributed by atoms with van der Waals surface area (Å²) < 4.78 is 55.3. The Morgan fingerprint density at radius 2 is 2.00 bits per heavy atom. The summed E-state index contributed by atoms with van der Waals surface area (Å²) in [5.41, 5.74) is -1.19. The van der Waals surface area contributed by atoms with Gasteiger partial charge in [-0.2, -0.15) is 18.0 Å². The SMILES string of the molecule is COc1c(C(F)(F)F)ccc2c1ncn2F. The molecule has 0 N–H and O–H groups in total.